The first-order valence-electron chi connectivity index (χ1n) is 7.11. The Hall–Kier alpha value is -2.11. The molecule has 2 amide bonds. The molecule has 1 atom stereocenters. The van der Waals surface area contributed by atoms with Crippen LogP contribution in [0.5, 0.6) is 0 Å². The minimum atomic E-state index is -0.881. The third-order valence-corrected chi connectivity index (χ3v) is 3.58. The van der Waals surface area contributed by atoms with E-state index >= 15 is 0 Å². The lowest BCUT2D eigenvalue weighted by molar-refractivity contribution is -0.137. The van der Waals surface area contributed by atoms with Crippen LogP contribution in [-0.2, 0) is 11.2 Å². The molecule has 0 bridgehead atoms. The van der Waals surface area contributed by atoms with Crippen molar-refractivity contribution >= 4 is 12.0 Å². The number of nitrogens with one attached hydrogen (secondary N) is 2. The standard InChI is InChI=1S/C15H19FN2O3/c16-11-7-6-10-3-1-4-13(12(10)9-11)18-15(21)17-8-2-5-14(19)20/h6-7,9,13H,1-5,8H2,(H,19,20)(H2,17,18,21)/t13-/m1/s1. The zero-order chi connectivity index (χ0) is 15.2. The molecule has 2 rings (SSSR count). The minimum Gasteiger partial charge on any atom is -0.481 e. The monoisotopic (exact) mass is 294 g/mol. The number of hydrogen-bond acceptors (Lipinski definition) is 2. The maximum Gasteiger partial charge on any atom is 0.315 e. The Bertz CT molecular complexity index is 534. The van der Waals surface area contributed by atoms with Crippen molar-refractivity contribution in [1.29, 1.82) is 0 Å². The van der Waals surface area contributed by atoms with E-state index in [4.69, 9.17) is 5.11 Å². The smallest absolute Gasteiger partial charge is 0.315 e. The molecule has 6 heteroatoms. The second kappa shape index (κ2) is 7.06. The number of aryl methyl sites for hydroxylation is 1. The van der Waals surface area contributed by atoms with E-state index in [0.717, 1.165) is 30.4 Å². The normalized spacial score (nSPS) is 16.9. The van der Waals surface area contributed by atoms with E-state index in [-0.39, 0.29) is 24.3 Å². The molecule has 1 aromatic rings. The van der Waals surface area contributed by atoms with E-state index in [1.54, 1.807) is 6.07 Å². The van der Waals surface area contributed by atoms with Crippen molar-refractivity contribution in [3.8, 4) is 0 Å². The zero-order valence-electron chi connectivity index (χ0n) is 11.7. The Balaban J connectivity index is 1.88. The molecule has 21 heavy (non-hydrogen) atoms. The number of carbonyl (C=O) groups is 2. The number of carboxylic acid groups (broad SMARTS) is 1. The Morgan fingerprint density at radius 2 is 2.19 bits per heavy atom. The molecule has 5 nitrogen and oxygen atoms in total. The van der Waals surface area contributed by atoms with E-state index < -0.39 is 5.97 Å². The summed E-state index contributed by atoms with van der Waals surface area (Å²) in [5.74, 6) is -1.18. The Labute approximate surface area is 122 Å². The number of carboxylic acids is 1. The van der Waals surface area contributed by atoms with Gasteiger partial charge in [-0.2, -0.15) is 0 Å². The summed E-state index contributed by atoms with van der Waals surface area (Å²) >= 11 is 0. The highest BCUT2D eigenvalue weighted by molar-refractivity contribution is 5.74. The quantitative estimate of drug-likeness (QED) is 0.729. The van der Waals surface area contributed by atoms with Crippen LogP contribution in [0.3, 0.4) is 0 Å². The van der Waals surface area contributed by atoms with Gasteiger partial charge in [-0.1, -0.05) is 6.07 Å². The van der Waals surface area contributed by atoms with Crippen molar-refractivity contribution in [3.63, 3.8) is 0 Å². The minimum absolute atomic E-state index is 0.0255. The van der Waals surface area contributed by atoms with Gasteiger partial charge in [0.25, 0.3) is 0 Å². The van der Waals surface area contributed by atoms with Crippen LogP contribution < -0.4 is 10.6 Å². The van der Waals surface area contributed by atoms with Gasteiger partial charge in [0.1, 0.15) is 5.82 Å². The Kier molecular flexibility index (Phi) is 5.14. The summed E-state index contributed by atoms with van der Waals surface area (Å²) in [7, 11) is 0. The number of fused-ring (bicyclic) bond motifs is 1. The molecular weight excluding hydrogens is 275 g/mol. The summed E-state index contributed by atoms with van der Waals surface area (Å²) < 4.78 is 13.3. The number of rotatable bonds is 5. The number of halogens is 1. The van der Waals surface area contributed by atoms with Crippen LogP contribution in [0.15, 0.2) is 18.2 Å². The maximum atomic E-state index is 13.3. The summed E-state index contributed by atoms with van der Waals surface area (Å²) in [6.07, 6.45) is 3.03. The highest BCUT2D eigenvalue weighted by atomic mass is 19.1. The predicted molar refractivity (Wildman–Crippen MR) is 75.5 cm³/mol. The van der Waals surface area contributed by atoms with Gasteiger partial charge in [-0.25, -0.2) is 9.18 Å². The summed E-state index contributed by atoms with van der Waals surface area (Å²) in [4.78, 5) is 22.2. The fraction of sp³-hybridized carbons (Fsp3) is 0.467. The Morgan fingerprint density at radius 3 is 2.95 bits per heavy atom. The first kappa shape index (κ1) is 15.3. The molecule has 0 heterocycles. The van der Waals surface area contributed by atoms with Gasteiger partial charge in [0.05, 0.1) is 6.04 Å². The number of hydrogen-bond donors (Lipinski definition) is 3. The highest BCUT2D eigenvalue weighted by Gasteiger charge is 2.22. The van der Waals surface area contributed by atoms with Crippen LogP contribution in [-0.4, -0.2) is 23.7 Å². The molecule has 0 radical (unpaired) electrons. The molecule has 1 aliphatic carbocycles. The van der Waals surface area contributed by atoms with E-state index in [1.165, 1.54) is 12.1 Å². The molecule has 1 aliphatic rings. The van der Waals surface area contributed by atoms with Gasteiger partial charge in [-0.05, 0) is 48.9 Å². The van der Waals surface area contributed by atoms with Gasteiger partial charge in [0.15, 0.2) is 0 Å². The van der Waals surface area contributed by atoms with E-state index in [1.807, 2.05) is 0 Å². The molecule has 0 aliphatic heterocycles. The van der Waals surface area contributed by atoms with Crippen molar-refractivity contribution in [2.24, 2.45) is 0 Å². The van der Waals surface area contributed by atoms with Crippen molar-refractivity contribution in [3.05, 3.63) is 35.1 Å². The molecule has 0 spiro atoms. The van der Waals surface area contributed by atoms with Gasteiger partial charge in [0, 0.05) is 13.0 Å². The lowest BCUT2D eigenvalue weighted by Crippen LogP contribution is -2.39. The van der Waals surface area contributed by atoms with Crippen molar-refractivity contribution in [2.45, 2.75) is 38.1 Å². The van der Waals surface area contributed by atoms with Gasteiger partial charge in [-0.15, -0.1) is 0 Å². The van der Waals surface area contributed by atoms with E-state index in [9.17, 15) is 14.0 Å². The third kappa shape index (κ3) is 4.44. The molecule has 0 unspecified atom stereocenters. The molecule has 1 aromatic carbocycles. The van der Waals surface area contributed by atoms with Gasteiger partial charge in [-0.3, -0.25) is 4.79 Å². The summed E-state index contributed by atoms with van der Waals surface area (Å²) in [5.41, 5.74) is 1.90. The van der Waals surface area contributed by atoms with Crippen LogP contribution in [0, 0.1) is 5.82 Å². The molecular formula is C15H19FN2O3. The number of carbonyl (C=O) groups excluding carboxylic acids is 1. The molecule has 0 saturated carbocycles. The number of benzene rings is 1. The van der Waals surface area contributed by atoms with Crippen LogP contribution in [0.1, 0.15) is 42.9 Å². The van der Waals surface area contributed by atoms with E-state index in [2.05, 4.69) is 10.6 Å². The lowest BCUT2D eigenvalue weighted by Gasteiger charge is -2.26. The van der Waals surface area contributed by atoms with E-state index in [0.29, 0.717) is 13.0 Å². The lowest BCUT2D eigenvalue weighted by atomic mass is 9.87. The predicted octanol–water partition coefficient (Wildman–Crippen LogP) is 2.37. The van der Waals surface area contributed by atoms with Crippen molar-refractivity contribution in [2.75, 3.05) is 6.54 Å². The molecule has 114 valence electrons. The number of amides is 2. The first-order valence-corrected chi connectivity index (χ1v) is 7.11. The topological polar surface area (TPSA) is 78.4 Å². The van der Waals surface area contributed by atoms with Crippen LogP contribution >= 0.6 is 0 Å². The average Bonchev–Trinajstić information content (AvgIpc) is 2.44. The van der Waals surface area contributed by atoms with Crippen LogP contribution in [0.4, 0.5) is 9.18 Å². The average molecular weight is 294 g/mol. The summed E-state index contributed by atoms with van der Waals surface area (Å²) in [6.45, 7) is 0.306. The first-order chi connectivity index (χ1) is 10.1. The second-order valence-electron chi connectivity index (χ2n) is 5.19. The SMILES string of the molecule is O=C(O)CCCNC(=O)N[C@@H]1CCCc2ccc(F)cc21. The van der Waals surface area contributed by atoms with Gasteiger partial charge >= 0.3 is 12.0 Å². The third-order valence-electron chi connectivity index (χ3n) is 3.58. The Morgan fingerprint density at radius 1 is 1.38 bits per heavy atom. The largest absolute Gasteiger partial charge is 0.481 e. The molecule has 3 N–H and O–H groups in total. The summed E-state index contributed by atoms with van der Waals surface area (Å²) in [6, 6.07) is 4.15. The maximum absolute atomic E-state index is 13.3. The van der Waals surface area contributed by atoms with Crippen molar-refractivity contribution < 1.29 is 19.1 Å². The fourth-order valence-corrected chi connectivity index (χ4v) is 2.57. The summed E-state index contributed by atoms with van der Waals surface area (Å²) in [5, 5.41) is 14.0. The molecule has 0 fully saturated rings. The molecule has 0 saturated heterocycles. The van der Waals surface area contributed by atoms with Crippen molar-refractivity contribution in [1.82, 2.24) is 10.6 Å². The fourth-order valence-electron chi connectivity index (χ4n) is 2.57. The number of urea groups is 1. The van der Waals surface area contributed by atoms with Gasteiger partial charge < -0.3 is 15.7 Å². The van der Waals surface area contributed by atoms with Crippen LogP contribution in [0.25, 0.3) is 0 Å². The number of aliphatic carboxylic acids is 1. The second-order valence-corrected chi connectivity index (χ2v) is 5.19. The van der Waals surface area contributed by atoms with Crippen LogP contribution in [0.2, 0.25) is 0 Å². The zero-order valence-corrected chi connectivity index (χ0v) is 11.7. The molecule has 0 aromatic heterocycles. The van der Waals surface area contributed by atoms with Gasteiger partial charge in [0.2, 0.25) is 0 Å². The highest BCUT2D eigenvalue weighted by Crippen LogP contribution is 2.30.